The molecule has 0 aromatic heterocycles. The maximum atomic E-state index is 11.8. The lowest BCUT2D eigenvalue weighted by Gasteiger charge is -2.42. The molecule has 2 unspecified atom stereocenters. The van der Waals surface area contributed by atoms with Crippen LogP contribution >= 0.6 is 0 Å². The van der Waals surface area contributed by atoms with E-state index in [9.17, 15) is 4.79 Å². The van der Waals surface area contributed by atoms with Crippen molar-refractivity contribution in [1.82, 2.24) is 0 Å². The number of esters is 1. The third kappa shape index (κ3) is 5.91. The van der Waals surface area contributed by atoms with Crippen LogP contribution in [0.3, 0.4) is 0 Å². The Morgan fingerprint density at radius 3 is 2.36 bits per heavy atom. The summed E-state index contributed by atoms with van der Waals surface area (Å²) in [4.78, 5) is 11.8. The van der Waals surface area contributed by atoms with Gasteiger partial charge in [0.15, 0.2) is 0 Å². The zero-order chi connectivity index (χ0) is 24.2. The van der Waals surface area contributed by atoms with Crippen LogP contribution in [0.2, 0.25) is 0 Å². The highest BCUT2D eigenvalue weighted by atomic mass is 16.5. The van der Waals surface area contributed by atoms with Gasteiger partial charge in [0.25, 0.3) is 0 Å². The molecule has 2 aliphatic rings. The van der Waals surface area contributed by atoms with Crippen LogP contribution in [0.5, 0.6) is 5.75 Å². The fourth-order valence-corrected chi connectivity index (χ4v) is 5.54. The van der Waals surface area contributed by atoms with Gasteiger partial charge in [-0.2, -0.15) is 0 Å². The second-order valence-corrected chi connectivity index (χ2v) is 11.3. The second-order valence-electron chi connectivity index (χ2n) is 11.3. The molecule has 3 nitrogen and oxygen atoms in total. The van der Waals surface area contributed by atoms with E-state index in [2.05, 4.69) is 58.9 Å². The summed E-state index contributed by atoms with van der Waals surface area (Å²) < 4.78 is 11.4. The topological polar surface area (TPSA) is 35.5 Å². The van der Waals surface area contributed by atoms with E-state index in [1.54, 1.807) is 6.08 Å². The van der Waals surface area contributed by atoms with E-state index in [-0.39, 0.29) is 16.8 Å². The van der Waals surface area contributed by atoms with Crippen LogP contribution in [-0.2, 0) is 20.4 Å². The molecule has 1 aromatic rings. The molecule has 0 N–H and O–H groups in total. The van der Waals surface area contributed by atoms with Gasteiger partial charge >= 0.3 is 5.97 Å². The number of carbonyl (C=O) groups excluding carboxylic acids is 1. The first-order valence-electron chi connectivity index (χ1n) is 12.9. The first-order chi connectivity index (χ1) is 15.6. The minimum absolute atomic E-state index is 0.178. The molecule has 1 aromatic carbocycles. The minimum atomic E-state index is -0.266. The molecule has 1 fully saturated rings. The lowest BCUT2D eigenvalue weighted by atomic mass is 9.62. The number of hydrogen-bond acceptors (Lipinski definition) is 3. The Hall–Kier alpha value is -2.03. The van der Waals surface area contributed by atoms with Gasteiger partial charge in [0.2, 0.25) is 0 Å². The number of carbonyl (C=O) groups is 1. The number of rotatable bonds is 8. The lowest BCUT2D eigenvalue weighted by Crippen LogP contribution is -2.34. The van der Waals surface area contributed by atoms with Gasteiger partial charge < -0.3 is 9.47 Å². The summed E-state index contributed by atoms with van der Waals surface area (Å²) in [7, 11) is 0. The largest absolute Gasteiger partial charge is 0.493 e. The predicted molar refractivity (Wildman–Crippen MR) is 137 cm³/mol. The summed E-state index contributed by atoms with van der Waals surface area (Å²) in [6.07, 6.45) is 13.0. The van der Waals surface area contributed by atoms with E-state index in [1.807, 2.05) is 13.8 Å². The maximum Gasteiger partial charge on any atom is 0.330 e. The van der Waals surface area contributed by atoms with E-state index < -0.39 is 0 Å². The zero-order valence-electron chi connectivity index (χ0n) is 21.9. The second kappa shape index (κ2) is 10.5. The molecule has 0 bridgehead atoms. The molecule has 33 heavy (non-hydrogen) atoms. The average Bonchev–Trinajstić information content (AvgIpc) is 3.22. The van der Waals surface area contributed by atoms with E-state index >= 15 is 0 Å². The highest BCUT2D eigenvalue weighted by molar-refractivity contribution is 5.83. The van der Waals surface area contributed by atoms with Crippen molar-refractivity contribution in [2.75, 3.05) is 13.2 Å². The standard InChI is InChI=1S/C30H44O3/c1-8-17-33-27-20-26-25(29(4,5)15-16-30(26,6)7)19-24(27)23-12-10-11-22(23)14-13-21(3)18-28(31)32-9-2/h13-14,18-20,22-23H,8-12,15-17H2,1-7H3. The molecule has 3 rings (SSSR count). The maximum absolute atomic E-state index is 11.8. The van der Waals surface area contributed by atoms with Crippen LogP contribution in [0.4, 0.5) is 0 Å². The first kappa shape index (κ1) is 25.6. The van der Waals surface area contributed by atoms with Crippen LogP contribution in [0.1, 0.15) is 110 Å². The highest BCUT2D eigenvalue weighted by Crippen LogP contribution is 2.51. The highest BCUT2D eigenvalue weighted by Gasteiger charge is 2.39. The molecule has 3 heteroatoms. The Labute approximate surface area is 201 Å². The minimum Gasteiger partial charge on any atom is -0.493 e. The molecular weight excluding hydrogens is 408 g/mol. The third-order valence-corrected chi connectivity index (χ3v) is 7.65. The zero-order valence-corrected chi connectivity index (χ0v) is 21.9. The average molecular weight is 453 g/mol. The Kier molecular flexibility index (Phi) is 8.13. The molecule has 182 valence electrons. The van der Waals surface area contributed by atoms with E-state index in [0.29, 0.717) is 18.4 Å². The van der Waals surface area contributed by atoms with Crippen LogP contribution in [-0.4, -0.2) is 19.2 Å². The molecule has 0 spiro atoms. The summed E-state index contributed by atoms with van der Waals surface area (Å²) in [6.45, 7) is 16.7. The quantitative estimate of drug-likeness (QED) is 0.229. The van der Waals surface area contributed by atoms with Gasteiger partial charge in [-0.25, -0.2) is 4.79 Å². The number of fused-ring (bicyclic) bond motifs is 1. The summed E-state index contributed by atoms with van der Waals surface area (Å²) in [6, 6.07) is 4.88. The van der Waals surface area contributed by atoms with Crippen molar-refractivity contribution < 1.29 is 14.3 Å². The number of hydrogen-bond donors (Lipinski definition) is 0. The van der Waals surface area contributed by atoms with Gasteiger partial charge in [-0.1, -0.05) is 59.3 Å². The van der Waals surface area contributed by atoms with Crippen molar-refractivity contribution >= 4 is 5.97 Å². The van der Waals surface area contributed by atoms with Gasteiger partial charge in [0.1, 0.15) is 5.75 Å². The van der Waals surface area contributed by atoms with Gasteiger partial charge in [-0.15, -0.1) is 0 Å². The van der Waals surface area contributed by atoms with Crippen LogP contribution in [0, 0.1) is 5.92 Å². The fourth-order valence-electron chi connectivity index (χ4n) is 5.54. The molecule has 0 heterocycles. The van der Waals surface area contributed by atoms with Crippen molar-refractivity contribution in [2.45, 2.75) is 104 Å². The van der Waals surface area contributed by atoms with Crippen molar-refractivity contribution in [3.8, 4) is 5.75 Å². The third-order valence-electron chi connectivity index (χ3n) is 7.65. The molecule has 2 atom stereocenters. The predicted octanol–water partition coefficient (Wildman–Crippen LogP) is 7.77. The molecule has 2 aliphatic carbocycles. The molecule has 0 radical (unpaired) electrons. The van der Waals surface area contributed by atoms with E-state index in [0.717, 1.165) is 24.4 Å². The summed E-state index contributed by atoms with van der Waals surface area (Å²) in [5.74, 6) is 1.73. The van der Waals surface area contributed by atoms with Crippen LogP contribution < -0.4 is 4.74 Å². The Balaban J connectivity index is 1.98. The fraction of sp³-hybridized carbons (Fsp3) is 0.633. The van der Waals surface area contributed by atoms with Crippen molar-refractivity contribution in [1.29, 1.82) is 0 Å². The van der Waals surface area contributed by atoms with Gasteiger partial charge in [-0.05, 0) is 96.9 Å². The Bertz CT molecular complexity index is 903. The molecular formula is C30H44O3. The SMILES string of the molecule is CCCOc1cc2c(cc1C1CCCC1C=CC(C)=CC(=O)OCC)C(C)(C)CCC2(C)C. The summed E-state index contributed by atoms with van der Waals surface area (Å²) in [5.41, 5.74) is 5.66. The monoisotopic (exact) mass is 452 g/mol. The van der Waals surface area contributed by atoms with E-state index in [4.69, 9.17) is 9.47 Å². The van der Waals surface area contributed by atoms with Crippen molar-refractivity contribution in [3.05, 3.63) is 52.6 Å². The first-order valence-corrected chi connectivity index (χ1v) is 12.9. The van der Waals surface area contributed by atoms with Gasteiger partial charge in [0, 0.05) is 6.08 Å². The van der Waals surface area contributed by atoms with Gasteiger partial charge in [0.05, 0.1) is 13.2 Å². The van der Waals surface area contributed by atoms with Crippen LogP contribution in [0.15, 0.2) is 35.9 Å². The number of ether oxygens (including phenoxy) is 2. The molecule has 0 amide bonds. The van der Waals surface area contributed by atoms with Crippen LogP contribution in [0.25, 0.3) is 0 Å². The molecule has 0 aliphatic heterocycles. The van der Waals surface area contributed by atoms with Crippen molar-refractivity contribution in [3.63, 3.8) is 0 Å². The van der Waals surface area contributed by atoms with E-state index in [1.165, 1.54) is 48.8 Å². The molecule has 1 saturated carbocycles. The number of benzene rings is 1. The Morgan fingerprint density at radius 2 is 1.73 bits per heavy atom. The Morgan fingerprint density at radius 1 is 1.06 bits per heavy atom. The van der Waals surface area contributed by atoms with Gasteiger partial charge in [-0.3, -0.25) is 0 Å². The summed E-state index contributed by atoms with van der Waals surface area (Å²) >= 11 is 0. The lowest BCUT2D eigenvalue weighted by molar-refractivity contribution is -0.137. The molecule has 0 saturated heterocycles. The summed E-state index contributed by atoms with van der Waals surface area (Å²) in [5, 5.41) is 0. The smallest absolute Gasteiger partial charge is 0.330 e. The number of allylic oxidation sites excluding steroid dienone is 3. The van der Waals surface area contributed by atoms with Crippen molar-refractivity contribution in [2.24, 2.45) is 5.92 Å². The normalized spacial score (nSPS) is 24.0.